The number of rotatable bonds is 4. The highest BCUT2D eigenvalue weighted by molar-refractivity contribution is 5.64. The molecule has 3 aromatic rings. The molecule has 0 amide bonds. The molecule has 0 radical (unpaired) electrons. The lowest BCUT2D eigenvalue weighted by molar-refractivity contribution is -0.143. The van der Waals surface area contributed by atoms with Crippen molar-refractivity contribution in [2.24, 2.45) is 0 Å². The van der Waals surface area contributed by atoms with E-state index >= 15 is 0 Å². The highest BCUT2D eigenvalue weighted by atomic mass is 19.4. The van der Waals surface area contributed by atoms with Crippen LogP contribution in [-0.2, 0) is 18.9 Å². The van der Waals surface area contributed by atoms with E-state index < -0.39 is 23.5 Å². The average Bonchev–Trinajstić information content (AvgIpc) is 3.15. The number of hydrogen-bond acceptors (Lipinski definition) is 3. The fraction of sp³-hybridized carbons (Fsp3) is 0.222. The lowest BCUT2D eigenvalue weighted by Gasteiger charge is -2.22. The summed E-state index contributed by atoms with van der Waals surface area (Å²) in [6.45, 7) is -0.144. The minimum Gasteiger partial charge on any atom is -0.370 e. The van der Waals surface area contributed by atoms with Crippen LogP contribution in [0.4, 0.5) is 32.0 Å². The zero-order valence-corrected chi connectivity index (χ0v) is 14.4. The number of alkyl halides is 6. The van der Waals surface area contributed by atoms with Crippen molar-refractivity contribution in [3.05, 3.63) is 65.4 Å². The van der Waals surface area contributed by atoms with Crippen LogP contribution in [0.15, 0.2) is 48.7 Å². The van der Waals surface area contributed by atoms with Crippen molar-refractivity contribution >= 4 is 5.69 Å². The Hall–Kier alpha value is -3.04. The molecule has 3 rings (SSSR count). The maximum Gasteiger partial charge on any atom is 0.416 e. The average molecular weight is 400 g/mol. The smallest absolute Gasteiger partial charge is 0.370 e. The minimum atomic E-state index is -4.87. The van der Waals surface area contributed by atoms with Crippen molar-refractivity contribution in [1.82, 2.24) is 15.4 Å². The Labute approximate surface area is 155 Å². The van der Waals surface area contributed by atoms with Gasteiger partial charge in [0.05, 0.1) is 17.3 Å². The number of nitrogens with one attached hydrogen (secondary N) is 1. The van der Waals surface area contributed by atoms with Crippen LogP contribution in [0.25, 0.3) is 11.3 Å². The maximum absolute atomic E-state index is 13.0. The molecule has 2 aromatic carbocycles. The monoisotopic (exact) mass is 400 g/mol. The molecule has 1 aromatic heterocycles. The van der Waals surface area contributed by atoms with E-state index in [0.717, 1.165) is 12.1 Å². The first-order chi connectivity index (χ1) is 13.0. The number of H-pyrrole nitrogens is 1. The Morgan fingerprint density at radius 3 is 2.11 bits per heavy atom. The van der Waals surface area contributed by atoms with Crippen LogP contribution in [0.5, 0.6) is 0 Å². The molecule has 10 heteroatoms. The normalized spacial score (nSPS) is 12.2. The Kier molecular flexibility index (Phi) is 5.05. The summed E-state index contributed by atoms with van der Waals surface area (Å²) in [7, 11) is 1.58. The van der Waals surface area contributed by atoms with Crippen molar-refractivity contribution in [2.45, 2.75) is 18.9 Å². The lowest BCUT2D eigenvalue weighted by atomic mass is 10.0. The second-order valence-electron chi connectivity index (χ2n) is 6.18. The van der Waals surface area contributed by atoms with E-state index in [1.54, 1.807) is 36.2 Å². The summed E-state index contributed by atoms with van der Waals surface area (Å²) in [6, 6.07) is 8.47. The highest BCUT2D eigenvalue weighted by Crippen LogP contribution is 2.36. The third-order valence-corrected chi connectivity index (χ3v) is 4.06. The van der Waals surface area contributed by atoms with E-state index in [4.69, 9.17) is 0 Å². The van der Waals surface area contributed by atoms with Gasteiger partial charge in [-0.3, -0.25) is 0 Å². The maximum atomic E-state index is 13.0. The highest BCUT2D eigenvalue weighted by Gasteiger charge is 2.36. The second-order valence-corrected chi connectivity index (χ2v) is 6.18. The van der Waals surface area contributed by atoms with Crippen molar-refractivity contribution < 1.29 is 26.3 Å². The Balaban J connectivity index is 1.92. The summed E-state index contributed by atoms with van der Waals surface area (Å²) >= 11 is 0. The first-order valence-electron chi connectivity index (χ1n) is 8.00. The Morgan fingerprint density at radius 1 is 0.929 bits per heavy atom. The summed E-state index contributed by atoms with van der Waals surface area (Å²) in [4.78, 5) is 1.55. The molecule has 0 atom stereocenters. The van der Waals surface area contributed by atoms with Crippen molar-refractivity contribution in [3.63, 3.8) is 0 Å². The van der Waals surface area contributed by atoms with Crippen LogP contribution in [0.3, 0.4) is 0 Å². The molecular formula is C18H14F6N4. The zero-order valence-electron chi connectivity index (χ0n) is 14.4. The second kappa shape index (κ2) is 7.17. The first kappa shape index (κ1) is 19.7. The summed E-state index contributed by atoms with van der Waals surface area (Å²) in [5, 5.41) is 10.1. The lowest BCUT2D eigenvalue weighted by Crippen LogP contribution is -2.18. The fourth-order valence-electron chi connectivity index (χ4n) is 2.72. The molecule has 0 unspecified atom stereocenters. The van der Waals surface area contributed by atoms with Gasteiger partial charge in [0.15, 0.2) is 0 Å². The molecule has 0 aliphatic rings. The van der Waals surface area contributed by atoms with E-state index in [1.807, 2.05) is 0 Å². The van der Waals surface area contributed by atoms with Gasteiger partial charge in [-0.2, -0.15) is 41.8 Å². The van der Waals surface area contributed by atoms with Crippen molar-refractivity contribution in [2.75, 3.05) is 11.9 Å². The van der Waals surface area contributed by atoms with Gasteiger partial charge in [-0.05, 0) is 35.9 Å². The van der Waals surface area contributed by atoms with Crippen LogP contribution in [0, 0.1) is 0 Å². The van der Waals surface area contributed by atoms with E-state index in [1.165, 1.54) is 6.20 Å². The number of hydrogen-bond donors (Lipinski definition) is 1. The van der Waals surface area contributed by atoms with Crippen LogP contribution in [-0.4, -0.2) is 22.5 Å². The molecule has 4 nitrogen and oxygen atoms in total. The van der Waals surface area contributed by atoms with Gasteiger partial charge >= 0.3 is 12.4 Å². The number of aromatic amines is 1. The zero-order chi connectivity index (χ0) is 20.5. The molecule has 0 aliphatic heterocycles. The third kappa shape index (κ3) is 4.44. The Bertz CT molecular complexity index is 915. The molecule has 0 saturated carbocycles. The van der Waals surface area contributed by atoms with Crippen LogP contribution >= 0.6 is 0 Å². The van der Waals surface area contributed by atoms with Crippen LogP contribution in [0.1, 0.15) is 16.7 Å². The predicted molar refractivity (Wildman–Crippen MR) is 90.4 cm³/mol. The first-order valence-corrected chi connectivity index (χ1v) is 8.00. The molecule has 1 heterocycles. The summed E-state index contributed by atoms with van der Waals surface area (Å²) < 4.78 is 78.1. The molecule has 1 N–H and O–H groups in total. The molecular weight excluding hydrogens is 386 g/mol. The number of halogens is 6. The SMILES string of the molecule is CN(Cc1cc(C(F)(F)F)cc(C(F)(F)F)c1)c1cccc(-c2cn[nH]n2)c1. The predicted octanol–water partition coefficient (Wildman–Crippen LogP) is 5.15. The number of anilines is 1. The van der Waals surface area contributed by atoms with E-state index in [2.05, 4.69) is 15.4 Å². The van der Waals surface area contributed by atoms with E-state index in [0.29, 0.717) is 16.9 Å². The standard InChI is InChI=1S/C18H14F6N4/c1-28(15-4-2-3-12(7-15)16-9-25-27-26-16)10-11-5-13(17(19,20)21)8-14(6-11)18(22,23)24/h2-9H,10H2,1H3,(H,25,26,27). The van der Waals surface area contributed by atoms with Gasteiger partial charge < -0.3 is 4.90 Å². The largest absolute Gasteiger partial charge is 0.416 e. The molecule has 0 fully saturated rings. The molecule has 0 bridgehead atoms. The van der Waals surface area contributed by atoms with Gasteiger partial charge in [0.25, 0.3) is 0 Å². The summed E-state index contributed by atoms with van der Waals surface area (Å²) in [5.41, 5.74) is -0.890. The fourth-order valence-corrected chi connectivity index (χ4v) is 2.72. The minimum absolute atomic E-state index is 0.100. The van der Waals surface area contributed by atoms with Gasteiger partial charge in [0.1, 0.15) is 5.69 Å². The van der Waals surface area contributed by atoms with Crippen molar-refractivity contribution in [1.29, 1.82) is 0 Å². The number of benzene rings is 2. The van der Waals surface area contributed by atoms with E-state index in [-0.39, 0.29) is 18.2 Å². The molecule has 0 spiro atoms. The summed E-state index contributed by atoms with van der Waals surface area (Å²) in [5.74, 6) is 0. The summed E-state index contributed by atoms with van der Waals surface area (Å²) in [6.07, 6.45) is -8.25. The number of aromatic nitrogens is 3. The third-order valence-electron chi connectivity index (χ3n) is 4.06. The van der Waals surface area contributed by atoms with Gasteiger partial charge in [0.2, 0.25) is 0 Å². The number of nitrogens with zero attached hydrogens (tertiary/aromatic N) is 3. The molecule has 148 valence electrons. The molecule has 0 aliphatic carbocycles. The van der Waals surface area contributed by atoms with E-state index in [9.17, 15) is 26.3 Å². The quantitative estimate of drug-likeness (QED) is 0.617. The van der Waals surface area contributed by atoms with Gasteiger partial charge in [-0.1, -0.05) is 12.1 Å². The Morgan fingerprint density at radius 2 is 1.57 bits per heavy atom. The molecule has 28 heavy (non-hydrogen) atoms. The molecule has 0 saturated heterocycles. The van der Waals surface area contributed by atoms with Crippen LogP contribution in [0.2, 0.25) is 0 Å². The van der Waals surface area contributed by atoms with Crippen molar-refractivity contribution in [3.8, 4) is 11.3 Å². The van der Waals surface area contributed by atoms with Gasteiger partial charge in [0, 0.05) is 24.8 Å². The topological polar surface area (TPSA) is 44.8 Å². The van der Waals surface area contributed by atoms with Gasteiger partial charge in [-0.15, -0.1) is 0 Å². The van der Waals surface area contributed by atoms with Crippen LogP contribution < -0.4 is 4.90 Å². The van der Waals surface area contributed by atoms with Gasteiger partial charge in [-0.25, -0.2) is 0 Å².